The van der Waals surface area contributed by atoms with Crippen molar-refractivity contribution < 1.29 is 4.79 Å². The molecule has 1 heterocycles. The van der Waals surface area contributed by atoms with Crippen molar-refractivity contribution in [3.63, 3.8) is 0 Å². The molecular formula is C30H27BrN2O. The average molecular weight is 511 g/mol. The third-order valence-electron chi connectivity index (χ3n) is 6.47. The molecule has 0 N–H and O–H groups in total. The van der Waals surface area contributed by atoms with Gasteiger partial charge in [-0.2, -0.15) is 0 Å². The average Bonchev–Trinajstić information content (AvgIpc) is 3.01. The summed E-state index contributed by atoms with van der Waals surface area (Å²) in [5.41, 5.74) is 5.45. The predicted molar refractivity (Wildman–Crippen MR) is 142 cm³/mol. The van der Waals surface area contributed by atoms with E-state index in [4.69, 9.17) is 0 Å². The standard InChI is InChI=1S/C30H27BrN2O/c31-26-15-9-10-23(20-26)21-32-18-19-33(30(34)27-16-7-8-17-29(27)32)22-28(24-11-3-1-4-12-24)25-13-5-2-6-14-25/h1-17,20,28H,18-19,21-22H2. The Balaban J connectivity index is 1.46. The first kappa shape index (κ1) is 22.4. The van der Waals surface area contributed by atoms with E-state index in [1.54, 1.807) is 0 Å². The molecular weight excluding hydrogens is 484 g/mol. The van der Waals surface area contributed by atoms with Crippen LogP contribution in [-0.4, -0.2) is 30.4 Å². The summed E-state index contributed by atoms with van der Waals surface area (Å²) in [6, 6.07) is 37.4. The topological polar surface area (TPSA) is 23.6 Å². The van der Waals surface area contributed by atoms with Crippen LogP contribution in [0.15, 0.2) is 114 Å². The third kappa shape index (κ3) is 4.92. The lowest BCUT2D eigenvalue weighted by atomic mass is 9.90. The van der Waals surface area contributed by atoms with Gasteiger partial charge in [-0.25, -0.2) is 0 Å². The molecule has 0 radical (unpaired) electrons. The maximum Gasteiger partial charge on any atom is 0.256 e. The van der Waals surface area contributed by atoms with Gasteiger partial charge in [0, 0.05) is 42.3 Å². The zero-order valence-electron chi connectivity index (χ0n) is 19.0. The second kappa shape index (κ2) is 10.3. The van der Waals surface area contributed by atoms with Crippen LogP contribution in [0, 0.1) is 0 Å². The molecule has 1 aliphatic heterocycles. The fraction of sp³-hybridized carbons (Fsp3) is 0.167. The molecule has 0 saturated carbocycles. The van der Waals surface area contributed by atoms with Crippen molar-refractivity contribution in [1.82, 2.24) is 4.90 Å². The number of hydrogen-bond donors (Lipinski definition) is 0. The zero-order valence-corrected chi connectivity index (χ0v) is 20.6. The highest BCUT2D eigenvalue weighted by Crippen LogP contribution is 2.30. The highest BCUT2D eigenvalue weighted by Gasteiger charge is 2.29. The van der Waals surface area contributed by atoms with Gasteiger partial charge in [0.05, 0.1) is 5.56 Å². The van der Waals surface area contributed by atoms with Gasteiger partial charge < -0.3 is 9.80 Å². The Morgan fingerprint density at radius 1 is 0.706 bits per heavy atom. The van der Waals surface area contributed by atoms with E-state index in [2.05, 4.69) is 93.6 Å². The van der Waals surface area contributed by atoms with Crippen molar-refractivity contribution in [3.8, 4) is 0 Å². The van der Waals surface area contributed by atoms with Crippen LogP contribution in [0.3, 0.4) is 0 Å². The monoisotopic (exact) mass is 510 g/mol. The number of amides is 1. The SMILES string of the molecule is O=C1c2ccccc2N(Cc2cccc(Br)c2)CCN1CC(c1ccccc1)c1ccccc1. The quantitative estimate of drug-likeness (QED) is 0.286. The van der Waals surface area contributed by atoms with Crippen molar-refractivity contribution in [2.45, 2.75) is 12.5 Å². The predicted octanol–water partition coefficient (Wildman–Crippen LogP) is 6.74. The highest BCUT2D eigenvalue weighted by atomic mass is 79.9. The molecule has 0 aliphatic carbocycles. The van der Waals surface area contributed by atoms with Crippen LogP contribution in [0.4, 0.5) is 5.69 Å². The summed E-state index contributed by atoms with van der Waals surface area (Å²) < 4.78 is 1.07. The van der Waals surface area contributed by atoms with Crippen molar-refractivity contribution in [2.75, 3.05) is 24.5 Å². The van der Waals surface area contributed by atoms with Crippen LogP contribution in [0.2, 0.25) is 0 Å². The van der Waals surface area contributed by atoms with Gasteiger partial charge in [0.25, 0.3) is 5.91 Å². The smallest absolute Gasteiger partial charge is 0.256 e. The molecule has 4 aromatic rings. The number of rotatable bonds is 6. The minimum atomic E-state index is 0.101. The van der Waals surface area contributed by atoms with Crippen LogP contribution in [0.25, 0.3) is 0 Å². The molecule has 3 nitrogen and oxygen atoms in total. The molecule has 0 unspecified atom stereocenters. The third-order valence-corrected chi connectivity index (χ3v) is 6.96. The molecule has 34 heavy (non-hydrogen) atoms. The number of nitrogens with zero attached hydrogens (tertiary/aromatic N) is 2. The highest BCUT2D eigenvalue weighted by molar-refractivity contribution is 9.10. The number of carbonyl (C=O) groups excluding carboxylic acids is 1. The van der Waals surface area contributed by atoms with E-state index < -0.39 is 0 Å². The molecule has 1 aliphatic rings. The summed E-state index contributed by atoms with van der Waals surface area (Å²) in [5.74, 6) is 0.222. The molecule has 170 valence electrons. The van der Waals surface area contributed by atoms with Gasteiger partial charge in [-0.3, -0.25) is 4.79 Å². The molecule has 5 rings (SSSR count). The second-order valence-corrected chi connectivity index (χ2v) is 9.61. The lowest BCUT2D eigenvalue weighted by molar-refractivity contribution is 0.0761. The molecule has 0 atom stereocenters. The van der Waals surface area contributed by atoms with Crippen molar-refractivity contribution in [3.05, 3.63) is 136 Å². The summed E-state index contributed by atoms with van der Waals surface area (Å²) in [4.78, 5) is 18.1. The number of anilines is 1. The van der Waals surface area contributed by atoms with E-state index in [0.29, 0.717) is 13.1 Å². The Bertz CT molecular complexity index is 1220. The van der Waals surface area contributed by atoms with Crippen LogP contribution in [0.1, 0.15) is 33.0 Å². The van der Waals surface area contributed by atoms with Gasteiger partial charge in [-0.1, -0.05) is 101 Å². The normalized spacial score (nSPS) is 13.6. The van der Waals surface area contributed by atoms with Crippen LogP contribution >= 0.6 is 15.9 Å². The van der Waals surface area contributed by atoms with Crippen LogP contribution in [-0.2, 0) is 6.54 Å². The Morgan fingerprint density at radius 3 is 2.00 bits per heavy atom. The summed E-state index contributed by atoms with van der Waals surface area (Å²) in [6.45, 7) is 2.87. The van der Waals surface area contributed by atoms with E-state index in [1.807, 2.05) is 41.3 Å². The van der Waals surface area contributed by atoms with E-state index in [1.165, 1.54) is 16.7 Å². The van der Waals surface area contributed by atoms with E-state index >= 15 is 0 Å². The maximum absolute atomic E-state index is 13.8. The van der Waals surface area contributed by atoms with Gasteiger partial charge in [-0.05, 0) is 41.0 Å². The van der Waals surface area contributed by atoms with Crippen LogP contribution < -0.4 is 4.90 Å². The fourth-order valence-electron chi connectivity index (χ4n) is 4.75. The molecule has 1 amide bonds. The Labute approximate surface area is 209 Å². The Morgan fingerprint density at radius 2 is 1.32 bits per heavy atom. The second-order valence-electron chi connectivity index (χ2n) is 8.69. The van der Waals surface area contributed by atoms with Crippen molar-refractivity contribution in [1.29, 1.82) is 0 Å². The number of halogens is 1. The molecule has 0 fully saturated rings. The number of para-hydroxylation sites is 1. The van der Waals surface area contributed by atoms with Crippen LogP contribution in [0.5, 0.6) is 0 Å². The first-order valence-corrected chi connectivity index (χ1v) is 12.5. The Kier molecular flexibility index (Phi) is 6.77. The van der Waals surface area contributed by atoms with E-state index in [9.17, 15) is 4.79 Å². The summed E-state index contributed by atoms with van der Waals surface area (Å²) in [5, 5.41) is 0. The zero-order chi connectivity index (χ0) is 23.3. The minimum absolute atomic E-state index is 0.101. The summed E-state index contributed by atoms with van der Waals surface area (Å²) >= 11 is 3.58. The lowest BCUT2D eigenvalue weighted by Gasteiger charge is -2.28. The van der Waals surface area contributed by atoms with Gasteiger partial charge in [0.15, 0.2) is 0 Å². The Hall–Kier alpha value is -3.37. The van der Waals surface area contributed by atoms with Crippen molar-refractivity contribution >= 4 is 27.5 Å². The molecule has 0 spiro atoms. The molecule has 4 heteroatoms. The van der Waals surface area contributed by atoms with E-state index in [-0.39, 0.29) is 11.8 Å². The molecule has 0 bridgehead atoms. The lowest BCUT2D eigenvalue weighted by Crippen LogP contribution is -2.37. The summed E-state index contributed by atoms with van der Waals surface area (Å²) in [7, 11) is 0. The molecule has 0 saturated heterocycles. The number of fused-ring (bicyclic) bond motifs is 1. The number of benzene rings is 4. The molecule has 0 aromatic heterocycles. The molecule has 4 aromatic carbocycles. The fourth-order valence-corrected chi connectivity index (χ4v) is 5.20. The number of hydrogen-bond acceptors (Lipinski definition) is 2. The largest absolute Gasteiger partial charge is 0.365 e. The van der Waals surface area contributed by atoms with Gasteiger partial charge in [0.2, 0.25) is 0 Å². The van der Waals surface area contributed by atoms with Gasteiger partial charge in [0.1, 0.15) is 0 Å². The van der Waals surface area contributed by atoms with Gasteiger partial charge >= 0.3 is 0 Å². The minimum Gasteiger partial charge on any atom is -0.365 e. The first-order chi connectivity index (χ1) is 16.7. The van der Waals surface area contributed by atoms with Crippen molar-refractivity contribution in [2.24, 2.45) is 0 Å². The number of carbonyl (C=O) groups is 1. The summed E-state index contributed by atoms with van der Waals surface area (Å²) in [6.07, 6.45) is 0. The first-order valence-electron chi connectivity index (χ1n) is 11.7. The van der Waals surface area contributed by atoms with E-state index in [0.717, 1.165) is 28.8 Å². The van der Waals surface area contributed by atoms with Gasteiger partial charge in [-0.15, -0.1) is 0 Å². The maximum atomic E-state index is 13.8.